The summed E-state index contributed by atoms with van der Waals surface area (Å²) in [4.78, 5) is 14.2. The van der Waals surface area contributed by atoms with E-state index >= 15 is 0 Å². The van der Waals surface area contributed by atoms with Gasteiger partial charge in [0.25, 0.3) is 11.7 Å². The van der Waals surface area contributed by atoms with Crippen molar-refractivity contribution in [3.05, 3.63) is 26.9 Å². The van der Waals surface area contributed by atoms with Gasteiger partial charge in [0.05, 0.1) is 10.6 Å². The van der Waals surface area contributed by atoms with Crippen LogP contribution in [-0.2, 0) is 0 Å². The lowest BCUT2D eigenvalue weighted by Crippen LogP contribution is -1.99. The van der Waals surface area contributed by atoms with Crippen molar-refractivity contribution in [2.24, 2.45) is 0 Å². The van der Waals surface area contributed by atoms with Crippen LogP contribution in [0.5, 0.6) is 0 Å². The van der Waals surface area contributed by atoms with Gasteiger partial charge in [0.15, 0.2) is 0 Å². The van der Waals surface area contributed by atoms with Crippen LogP contribution in [0.1, 0.15) is 22.5 Å². The minimum absolute atomic E-state index is 0.173. The molecular formula is C7H2BrCl2F2NO. The van der Waals surface area contributed by atoms with E-state index in [1.165, 1.54) is 0 Å². The third kappa shape index (κ3) is 2.40. The van der Waals surface area contributed by atoms with Crippen molar-refractivity contribution in [3.8, 4) is 0 Å². The molecule has 0 aromatic carbocycles. The quantitative estimate of drug-likeness (QED) is 0.614. The van der Waals surface area contributed by atoms with Crippen LogP contribution < -0.4 is 0 Å². The summed E-state index contributed by atoms with van der Waals surface area (Å²) in [6.45, 7) is 0. The lowest BCUT2D eigenvalue weighted by Gasteiger charge is -2.05. The molecule has 1 rings (SSSR count). The maximum atomic E-state index is 12.3. The zero-order valence-corrected chi connectivity index (χ0v) is 9.50. The average Bonchev–Trinajstić information content (AvgIpc) is 2.01. The van der Waals surface area contributed by atoms with Crippen LogP contribution in [0.25, 0.3) is 0 Å². The largest absolute Gasteiger partial charge is 0.274 e. The van der Waals surface area contributed by atoms with Gasteiger partial charge in [-0.2, -0.15) is 0 Å². The zero-order valence-electron chi connectivity index (χ0n) is 6.40. The third-order valence-electron chi connectivity index (χ3n) is 1.38. The molecule has 0 radical (unpaired) electrons. The topological polar surface area (TPSA) is 30.0 Å². The molecule has 0 N–H and O–H groups in total. The lowest BCUT2D eigenvalue weighted by molar-refractivity contribution is 0.107. The number of aromatic nitrogens is 1. The summed E-state index contributed by atoms with van der Waals surface area (Å²) in [5.74, 6) is 0. The van der Waals surface area contributed by atoms with E-state index in [0.29, 0.717) is 0 Å². The Morgan fingerprint density at radius 1 is 1.57 bits per heavy atom. The predicted octanol–water partition coefficient (Wildman–Crippen LogP) is 3.81. The van der Waals surface area contributed by atoms with Crippen LogP contribution in [0.3, 0.4) is 0 Å². The van der Waals surface area contributed by atoms with E-state index in [-0.39, 0.29) is 15.3 Å². The number of alkyl halides is 2. The summed E-state index contributed by atoms with van der Waals surface area (Å²) >= 11 is 13.4. The molecule has 0 atom stereocenters. The monoisotopic (exact) mass is 303 g/mol. The highest BCUT2D eigenvalue weighted by Crippen LogP contribution is 2.33. The van der Waals surface area contributed by atoms with Gasteiger partial charge in [0.2, 0.25) is 0 Å². The van der Waals surface area contributed by atoms with Gasteiger partial charge in [-0.3, -0.25) is 4.79 Å². The Morgan fingerprint density at radius 3 is 2.50 bits per heavy atom. The summed E-state index contributed by atoms with van der Waals surface area (Å²) < 4.78 is 24.5. The molecule has 0 unspecified atom stereocenters. The molecule has 0 aliphatic rings. The van der Waals surface area contributed by atoms with Gasteiger partial charge < -0.3 is 0 Å². The molecule has 0 saturated carbocycles. The summed E-state index contributed by atoms with van der Waals surface area (Å²) in [6, 6.07) is 1.00. The highest BCUT2D eigenvalue weighted by molar-refractivity contribution is 9.10. The number of pyridine rings is 1. The van der Waals surface area contributed by atoms with Crippen LogP contribution in [-0.4, -0.2) is 10.2 Å². The number of nitrogens with zero attached hydrogens (tertiary/aromatic N) is 1. The first-order valence-corrected chi connectivity index (χ1v) is 4.82. The second-order valence-electron chi connectivity index (χ2n) is 2.27. The molecule has 0 amide bonds. The number of carbonyl (C=O) groups excluding carboxylic acids is 1. The molecule has 2 nitrogen and oxygen atoms in total. The Hall–Kier alpha value is -0.260. The second kappa shape index (κ2) is 4.51. The summed E-state index contributed by atoms with van der Waals surface area (Å²) in [6.07, 6.45) is -2.76. The van der Waals surface area contributed by atoms with Crippen molar-refractivity contribution >= 4 is 44.4 Å². The number of hydrogen-bond donors (Lipinski definition) is 0. The molecule has 0 aliphatic heterocycles. The van der Waals surface area contributed by atoms with Gasteiger partial charge in [-0.15, -0.1) is 0 Å². The fourth-order valence-corrected chi connectivity index (χ4v) is 1.85. The van der Waals surface area contributed by atoms with E-state index in [0.717, 1.165) is 6.07 Å². The second-order valence-corrected chi connectivity index (χ2v) is 3.77. The first-order chi connectivity index (χ1) is 6.43. The minimum atomic E-state index is -2.76. The fourth-order valence-electron chi connectivity index (χ4n) is 0.790. The SMILES string of the molecule is O=C(Cl)c1cc(Cl)c(C(F)F)c(Br)n1. The van der Waals surface area contributed by atoms with E-state index in [1.54, 1.807) is 0 Å². The Bertz CT molecular complexity index is 363. The van der Waals surface area contributed by atoms with Crippen LogP contribution in [0.4, 0.5) is 8.78 Å². The Kier molecular flexibility index (Phi) is 3.80. The molecule has 1 aromatic heterocycles. The van der Waals surface area contributed by atoms with E-state index in [2.05, 4.69) is 20.9 Å². The van der Waals surface area contributed by atoms with Crippen molar-refractivity contribution in [2.45, 2.75) is 6.43 Å². The van der Waals surface area contributed by atoms with Gasteiger partial charge >= 0.3 is 0 Å². The number of hydrogen-bond acceptors (Lipinski definition) is 2. The maximum Gasteiger partial charge on any atom is 0.270 e. The summed E-state index contributed by atoms with van der Waals surface area (Å²) in [5.41, 5.74) is -0.624. The standard InChI is InChI=1S/C7H2BrCl2F2NO/c8-5-4(7(11)12)2(9)1-3(13-5)6(10)14/h1,7H. The van der Waals surface area contributed by atoms with Crippen molar-refractivity contribution in [1.82, 2.24) is 4.98 Å². The molecule has 0 bridgehead atoms. The van der Waals surface area contributed by atoms with Crippen molar-refractivity contribution in [1.29, 1.82) is 0 Å². The van der Waals surface area contributed by atoms with Crippen LogP contribution in [0, 0.1) is 0 Å². The van der Waals surface area contributed by atoms with E-state index < -0.39 is 17.2 Å². The normalized spacial score (nSPS) is 10.7. The van der Waals surface area contributed by atoms with Gasteiger partial charge in [-0.05, 0) is 33.6 Å². The first kappa shape index (κ1) is 11.8. The highest BCUT2D eigenvalue weighted by Gasteiger charge is 2.19. The Morgan fingerprint density at radius 2 is 2.14 bits per heavy atom. The smallest absolute Gasteiger partial charge is 0.270 e. The molecule has 76 valence electrons. The molecule has 1 heterocycles. The van der Waals surface area contributed by atoms with Gasteiger partial charge in [-0.1, -0.05) is 11.6 Å². The molecule has 7 heteroatoms. The average molecular weight is 305 g/mol. The van der Waals surface area contributed by atoms with E-state index in [4.69, 9.17) is 23.2 Å². The Balaban J connectivity index is 3.32. The molecule has 0 fully saturated rings. The highest BCUT2D eigenvalue weighted by atomic mass is 79.9. The van der Waals surface area contributed by atoms with Crippen molar-refractivity contribution in [2.75, 3.05) is 0 Å². The molecule has 0 saturated heterocycles. The van der Waals surface area contributed by atoms with Crippen LogP contribution >= 0.6 is 39.1 Å². The molecular weight excluding hydrogens is 303 g/mol. The number of rotatable bonds is 2. The molecule has 14 heavy (non-hydrogen) atoms. The minimum Gasteiger partial charge on any atom is -0.274 e. The van der Waals surface area contributed by atoms with Gasteiger partial charge in [0, 0.05) is 0 Å². The molecule has 1 aromatic rings. The Labute approximate surface area is 96.3 Å². The van der Waals surface area contributed by atoms with Crippen LogP contribution in [0.2, 0.25) is 5.02 Å². The summed E-state index contributed by atoms with van der Waals surface area (Å²) in [5, 5.41) is -1.10. The molecule has 0 spiro atoms. The first-order valence-electron chi connectivity index (χ1n) is 3.27. The third-order valence-corrected chi connectivity index (χ3v) is 2.49. The van der Waals surface area contributed by atoms with Gasteiger partial charge in [-0.25, -0.2) is 13.8 Å². The fraction of sp³-hybridized carbons (Fsp3) is 0.143. The van der Waals surface area contributed by atoms with Gasteiger partial charge in [0.1, 0.15) is 10.3 Å². The maximum absolute atomic E-state index is 12.3. The van der Waals surface area contributed by atoms with Crippen LogP contribution in [0.15, 0.2) is 10.7 Å². The van der Waals surface area contributed by atoms with E-state index in [9.17, 15) is 13.6 Å². The van der Waals surface area contributed by atoms with Crippen molar-refractivity contribution < 1.29 is 13.6 Å². The number of carbonyl (C=O) groups is 1. The van der Waals surface area contributed by atoms with E-state index in [1.807, 2.05) is 0 Å². The zero-order chi connectivity index (χ0) is 10.9. The number of halogens is 5. The van der Waals surface area contributed by atoms with Crippen molar-refractivity contribution in [3.63, 3.8) is 0 Å². The lowest BCUT2D eigenvalue weighted by atomic mass is 10.2. The predicted molar refractivity (Wildman–Crippen MR) is 52.1 cm³/mol. The molecule has 0 aliphatic carbocycles. The summed E-state index contributed by atoms with van der Waals surface area (Å²) in [7, 11) is 0.